The predicted molar refractivity (Wildman–Crippen MR) is 383 cm³/mol. The summed E-state index contributed by atoms with van der Waals surface area (Å²) >= 11 is 3.52. The van der Waals surface area contributed by atoms with Crippen molar-refractivity contribution in [3.8, 4) is 0 Å². The lowest BCUT2D eigenvalue weighted by atomic mass is 9.87. The van der Waals surface area contributed by atoms with E-state index in [1.165, 1.54) is 44.9 Å². The number of nitrogens with one attached hydrogen (secondary N) is 1. The second-order valence-corrected chi connectivity index (χ2v) is 29.3. The summed E-state index contributed by atoms with van der Waals surface area (Å²) in [7, 11) is 0. The van der Waals surface area contributed by atoms with Crippen LogP contribution in [0.1, 0.15) is 253 Å². The van der Waals surface area contributed by atoms with Crippen LogP contribution in [-0.2, 0) is 43.9 Å². The number of benzene rings is 3. The number of aromatic nitrogens is 4. The molecule has 83 heavy (non-hydrogen) atoms. The molecule has 0 radical (unpaired) electrons. The number of hydrogen-bond donors (Lipinski definition) is 1. The number of aromatic amines is 1. The van der Waals surface area contributed by atoms with E-state index >= 15 is 0 Å². The van der Waals surface area contributed by atoms with Crippen molar-refractivity contribution >= 4 is 22.7 Å². The van der Waals surface area contributed by atoms with Gasteiger partial charge in [0.1, 0.15) is 0 Å². The summed E-state index contributed by atoms with van der Waals surface area (Å²) in [6, 6.07) is 40.1. The maximum Gasteiger partial charge on any atom is 0.0930 e. The number of thiophene rings is 1. The van der Waals surface area contributed by atoms with Crippen LogP contribution >= 0.6 is 22.7 Å². The average Bonchev–Trinajstić information content (AvgIpc) is 4.23. The van der Waals surface area contributed by atoms with E-state index in [0.717, 1.165) is 32.1 Å². The van der Waals surface area contributed by atoms with Gasteiger partial charge in [0.25, 0.3) is 0 Å². The van der Waals surface area contributed by atoms with Crippen LogP contribution in [0.25, 0.3) is 0 Å². The van der Waals surface area contributed by atoms with Crippen molar-refractivity contribution in [1.82, 2.24) is 20.2 Å². The Morgan fingerprint density at radius 3 is 1.01 bits per heavy atom. The standard InChI is InChI=1S/2C11H16.C10H15N.C10H14.C9H14S.C8H14N2.C8H13NS.5C2H6/c2*1-11(2,3)9-10-7-5-4-6-8-10;1-10(2,3)8-9-6-4-5-7-11-9;1-10(2,3)9-7-5-4-6-8-9;1-9(2,3)6-8-4-5-10-7-8;1-8(2,3)4-7-5-9-10-6-7;1-8(2,3)6-7-9-4-5-10-7;5*1-2/h2*4-8H,9H2,1-3H3;4-7H,8H2,1-3H3;4-8H,1-3H3;4-5,7H,6H2,1-3H3;5-6H,4H2,1-3H3,(H,9,10);4-5H,6H2,1-3H3;5*1-2H3. The molecule has 0 aliphatic heterocycles. The highest BCUT2D eigenvalue weighted by Crippen LogP contribution is 2.25. The molecule has 7 aromatic rings. The van der Waals surface area contributed by atoms with E-state index < -0.39 is 0 Å². The fraction of sp³-hybridized carbons (Fsp3) is 0.571. The van der Waals surface area contributed by atoms with Gasteiger partial charge in [-0.2, -0.15) is 16.4 Å². The zero-order valence-corrected chi connectivity index (χ0v) is 61.5. The number of pyridine rings is 1. The number of hydrogen-bond acceptors (Lipinski definition) is 5. The van der Waals surface area contributed by atoms with E-state index in [4.69, 9.17) is 0 Å². The van der Waals surface area contributed by atoms with E-state index in [0.29, 0.717) is 37.9 Å². The van der Waals surface area contributed by atoms with Crippen LogP contribution in [0, 0.1) is 32.5 Å². The molecule has 1 N–H and O–H groups in total. The maximum atomic E-state index is 4.26. The summed E-state index contributed by atoms with van der Waals surface area (Å²) in [6.07, 6.45) is 14.3. The molecule has 0 saturated carbocycles. The van der Waals surface area contributed by atoms with E-state index in [1.54, 1.807) is 22.7 Å². The van der Waals surface area contributed by atoms with Gasteiger partial charge in [0.05, 0.1) is 11.2 Å². The minimum atomic E-state index is 0.293. The van der Waals surface area contributed by atoms with Gasteiger partial charge in [-0.25, -0.2) is 4.98 Å². The maximum absolute atomic E-state index is 4.26. The first-order valence-electron chi connectivity index (χ1n) is 31.5. The summed E-state index contributed by atoms with van der Waals surface area (Å²) in [5.41, 5.74) is 10.8. The highest BCUT2D eigenvalue weighted by molar-refractivity contribution is 7.09. The Bertz CT molecular complexity index is 2090. The molecule has 0 aliphatic carbocycles. The van der Waals surface area contributed by atoms with Crippen molar-refractivity contribution < 1.29 is 0 Å². The largest absolute Gasteiger partial charge is 0.285 e. The Balaban J connectivity index is -0.000000278. The monoisotopic (exact) mass is 1180 g/mol. The molecular weight excluding hydrogens is 1050 g/mol. The molecule has 472 valence electrons. The molecule has 0 aliphatic rings. The lowest BCUT2D eigenvalue weighted by Gasteiger charge is -2.18. The second kappa shape index (κ2) is 48.6. The van der Waals surface area contributed by atoms with Crippen LogP contribution in [0.2, 0.25) is 0 Å². The normalized spacial score (nSPS) is 10.6. The zero-order chi connectivity index (χ0) is 65.4. The van der Waals surface area contributed by atoms with Crippen molar-refractivity contribution in [2.75, 3.05) is 0 Å². The third-order valence-corrected chi connectivity index (χ3v) is 11.5. The van der Waals surface area contributed by atoms with Crippen LogP contribution in [-0.4, -0.2) is 20.2 Å². The molecule has 6 heteroatoms. The average molecular weight is 1180 g/mol. The minimum absolute atomic E-state index is 0.293. The van der Waals surface area contributed by atoms with Crippen LogP contribution in [0.4, 0.5) is 0 Å². The minimum Gasteiger partial charge on any atom is -0.285 e. The summed E-state index contributed by atoms with van der Waals surface area (Å²) in [6.45, 7) is 67.1. The Labute approximate surface area is 525 Å². The number of thiazole rings is 1. The molecule has 0 spiro atoms. The van der Waals surface area contributed by atoms with E-state index in [1.807, 2.05) is 112 Å². The molecule has 7 rings (SSSR count). The van der Waals surface area contributed by atoms with Gasteiger partial charge in [-0.3, -0.25) is 10.1 Å². The van der Waals surface area contributed by atoms with Crippen molar-refractivity contribution in [1.29, 1.82) is 0 Å². The third kappa shape index (κ3) is 61.7. The Morgan fingerprint density at radius 2 is 0.723 bits per heavy atom. The van der Waals surface area contributed by atoms with Crippen molar-refractivity contribution in [2.24, 2.45) is 32.5 Å². The van der Waals surface area contributed by atoms with Gasteiger partial charge in [-0.05, 0) is 127 Å². The molecule has 4 aromatic heterocycles. The first kappa shape index (κ1) is 87.1. The van der Waals surface area contributed by atoms with Gasteiger partial charge < -0.3 is 0 Å². The van der Waals surface area contributed by atoms with Gasteiger partial charge in [0.15, 0.2) is 0 Å². The summed E-state index contributed by atoms with van der Waals surface area (Å²) in [5.74, 6) is 0. The zero-order valence-electron chi connectivity index (χ0n) is 59.9. The second-order valence-electron chi connectivity index (χ2n) is 27.5. The van der Waals surface area contributed by atoms with Crippen LogP contribution in [0.5, 0.6) is 0 Å². The van der Waals surface area contributed by atoms with Crippen LogP contribution < -0.4 is 0 Å². The summed E-state index contributed by atoms with van der Waals surface area (Å²) in [4.78, 5) is 8.48. The molecule has 3 aromatic carbocycles. The molecule has 0 fully saturated rings. The van der Waals surface area contributed by atoms with Gasteiger partial charge >= 0.3 is 0 Å². The van der Waals surface area contributed by atoms with Crippen molar-refractivity contribution in [2.45, 2.75) is 259 Å². The van der Waals surface area contributed by atoms with Crippen molar-refractivity contribution in [3.05, 3.63) is 195 Å². The van der Waals surface area contributed by atoms with Gasteiger partial charge in [0, 0.05) is 36.1 Å². The van der Waals surface area contributed by atoms with E-state index in [-0.39, 0.29) is 0 Å². The van der Waals surface area contributed by atoms with E-state index in [2.05, 4.69) is 279 Å². The quantitative estimate of drug-likeness (QED) is 0.181. The summed E-state index contributed by atoms with van der Waals surface area (Å²) in [5, 5.41) is 14.3. The molecule has 0 unspecified atom stereocenters. The van der Waals surface area contributed by atoms with Crippen LogP contribution in [0.15, 0.2) is 156 Å². The first-order valence-corrected chi connectivity index (χ1v) is 33.3. The molecule has 0 atom stereocenters. The fourth-order valence-corrected chi connectivity index (χ4v) is 8.77. The molecule has 0 saturated heterocycles. The smallest absolute Gasteiger partial charge is 0.0930 e. The number of H-pyrrole nitrogens is 1. The number of nitrogens with zero attached hydrogens (tertiary/aromatic N) is 3. The molecule has 0 bridgehead atoms. The molecular formula is C77H132N4S2. The highest BCUT2D eigenvalue weighted by atomic mass is 32.1. The van der Waals surface area contributed by atoms with Gasteiger partial charge in [0.2, 0.25) is 0 Å². The first-order chi connectivity index (χ1) is 38.6. The fourth-order valence-electron chi connectivity index (χ4n) is 7.19. The topological polar surface area (TPSA) is 54.5 Å². The van der Waals surface area contributed by atoms with Gasteiger partial charge in [-0.1, -0.05) is 312 Å². The van der Waals surface area contributed by atoms with Gasteiger partial charge in [-0.15, -0.1) is 11.3 Å². The Morgan fingerprint density at radius 1 is 0.349 bits per heavy atom. The molecule has 4 heterocycles. The van der Waals surface area contributed by atoms with E-state index in [9.17, 15) is 0 Å². The third-order valence-electron chi connectivity index (χ3n) is 10.0. The highest BCUT2D eigenvalue weighted by Gasteiger charge is 2.15. The summed E-state index contributed by atoms with van der Waals surface area (Å²) < 4.78 is 0. The van der Waals surface area contributed by atoms with Crippen LogP contribution in [0.3, 0.4) is 0 Å². The lowest BCUT2D eigenvalue weighted by Crippen LogP contribution is -2.10. The lowest BCUT2D eigenvalue weighted by molar-refractivity contribution is 0.406. The molecule has 4 nitrogen and oxygen atoms in total. The Kier molecular flexibility index (Phi) is 51.0. The molecule has 0 amide bonds. The number of rotatable bonds is 6. The Hall–Kier alpha value is -4.65. The van der Waals surface area contributed by atoms with Crippen molar-refractivity contribution in [3.63, 3.8) is 0 Å². The predicted octanol–water partition coefficient (Wildman–Crippen LogP) is 25.4. The SMILES string of the molecule is CC.CC.CC.CC.CC.CC(C)(C)Cc1ccccc1.CC(C)(C)Cc1ccccc1.CC(C)(C)Cc1ccccn1.CC(C)(C)Cc1ccsc1.CC(C)(C)Cc1cn[nH]c1.CC(C)(C)Cc1nccs1.CC(C)(C)c1ccccc1.